The number of rotatable bonds is 6. The van der Waals surface area contributed by atoms with E-state index in [4.69, 9.17) is 9.72 Å². The fraction of sp³-hybridized carbons (Fsp3) is 0.273. The number of benzene rings is 2. The van der Waals surface area contributed by atoms with Crippen LogP contribution in [0.25, 0.3) is 10.9 Å². The Hall–Kier alpha value is -2.60. The average Bonchev–Trinajstić information content (AvgIpc) is 3.26. The molecule has 0 radical (unpaired) electrons. The van der Waals surface area contributed by atoms with E-state index in [9.17, 15) is 4.79 Å². The lowest BCUT2D eigenvalue weighted by Gasteiger charge is -2.17. The van der Waals surface area contributed by atoms with E-state index in [1.54, 1.807) is 0 Å². The Morgan fingerprint density at radius 1 is 1.07 bits per heavy atom. The van der Waals surface area contributed by atoms with Crippen molar-refractivity contribution in [3.63, 3.8) is 0 Å². The van der Waals surface area contributed by atoms with Crippen LogP contribution in [0.4, 0.5) is 5.82 Å². The van der Waals surface area contributed by atoms with Crippen molar-refractivity contribution in [2.75, 3.05) is 24.6 Å². The molecule has 5 nitrogen and oxygen atoms in total. The first-order chi connectivity index (χ1) is 13.7. The first-order valence-electron chi connectivity index (χ1n) is 9.48. The zero-order valence-electron chi connectivity index (χ0n) is 15.5. The van der Waals surface area contributed by atoms with Gasteiger partial charge in [-0.3, -0.25) is 4.79 Å². The van der Waals surface area contributed by atoms with Gasteiger partial charge in [-0.1, -0.05) is 40.2 Å². The molecular formula is C22H22BrN3O2. The topological polar surface area (TPSA) is 54.5 Å². The second-order valence-corrected chi connectivity index (χ2v) is 7.80. The number of pyridine rings is 1. The van der Waals surface area contributed by atoms with E-state index < -0.39 is 0 Å². The van der Waals surface area contributed by atoms with Crippen molar-refractivity contribution < 1.29 is 9.53 Å². The molecule has 1 saturated heterocycles. The fourth-order valence-electron chi connectivity index (χ4n) is 3.35. The van der Waals surface area contributed by atoms with Crippen LogP contribution in [-0.4, -0.2) is 30.6 Å². The van der Waals surface area contributed by atoms with Crippen LogP contribution in [0.5, 0.6) is 5.75 Å². The third-order valence-electron chi connectivity index (χ3n) is 4.86. The summed E-state index contributed by atoms with van der Waals surface area (Å²) in [6.45, 7) is 2.52. The summed E-state index contributed by atoms with van der Waals surface area (Å²) in [4.78, 5) is 19.3. The number of nitrogens with one attached hydrogen (secondary N) is 1. The van der Waals surface area contributed by atoms with Gasteiger partial charge in [0.05, 0.1) is 0 Å². The molecule has 1 N–H and O–H groups in total. The zero-order valence-corrected chi connectivity index (χ0v) is 17.1. The molecule has 4 rings (SSSR count). The lowest BCUT2D eigenvalue weighted by Crippen LogP contribution is -2.28. The van der Waals surface area contributed by atoms with Crippen LogP contribution in [0, 0.1) is 0 Å². The molecule has 1 aliphatic heterocycles. The second kappa shape index (κ2) is 8.61. The summed E-state index contributed by atoms with van der Waals surface area (Å²) in [5.74, 6) is 1.45. The van der Waals surface area contributed by atoms with Crippen LogP contribution in [0.15, 0.2) is 59.1 Å². The Labute approximate surface area is 172 Å². The van der Waals surface area contributed by atoms with Crippen LogP contribution in [-0.2, 0) is 11.3 Å². The number of carbonyl (C=O) groups excluding carboxylic acids is 1. The number of nitrogens with zero attached hydrogens (tertiary/aromatic N) is 2. The number of carbonyl (C=O) groups is 1. The number of para-hydroxylation sites is 1. The van der Waals surface area contributed by atoms with Crippen molar-refractivity contribution in [3.05, 3.63) is 64.6 Å². The van der Waals surface area contributed by atoms with E-state index in [1.807, 2.05) is 42.5 Å². The molecule has 0 aliphatic carbocycles. The standard InChI is InChI=1S/C22H22BrN3O2/c23-18-9-6-16(7-10-18)14-24-21(27)15-28-19-5-3-4-17-8-11-20(25-22(17)19)26-12-1-2-13-26/h3-11H,1-2,12-15H2,(H,24,27). The summed E-state index contributed by atoms with van der Waals surface area (Å²) in [7, 11) is 0. The minimum atomic E-state index is -0.157. The van der Waals surface area contributed by atoms with Crippen molar-refractivity contribution in [1.82, 2.24) is 10.3 Å². The van der Waals surface area contributed by atoms with Gasteiger partial charge in [0.25, 0.3) is 5.91 Å². The SMILES string of the molecule is O=C(COc1cccc2ccc(N3CCCC3)nc12)NCc1ccc(Br)cc1. The maximum Gasteiger partial charge on any atom is 0.258 e. The van der Waals surface area contributed by atoms with Gasteiger partial charge in [-0.25, -0.2) is 4.98 Å². The Kier molecular flexibility index (Phi) is 5.76. The number of fused-ring (bicyclic) bond motifs is 1. The Balaban J connectivity index is 1.41. The van der Waals surface area contributed by atoms with Crippen molar-refractivity contribution in [1.29, 1.82) is 0 Å². The van der Waals surface area contributed by atoms with Crippen molar-refractivity contribution >= 4 is 38.6 Å². The molecule has 0 saturated carbocycles. The van der Waals surface area contributed by atoms with E-state index in [0.29, 0.717) is 12.3 Å². The van der Waals surface area contributed by atoms with Gasteiger partial charge in [0.1, 0.15) is 17.1 Å². The van der Waals surface area contributed by atoms with Gasteiger partial charge in [-0.2, -0.15) is 0 Å². The van der Waals surface area contributed by atoms with Gasteiger partial charge in [0, 0.05) is 29.5 Å². The molecular weight excluding hydrogens is 418 g/mol. The largest absolute Gasteiger partial charge is 0.481 e. The molecule has 1 amide bonds. The van der Waals surface area contributed by atoms with Crippen LogP contribution in [0.3, 0.4) is 0 Å². The monoisotopic (exact) mass is 439 g/mol. The van der Waals surface area contributed by atoms with E-state index >= 15 is 0 Å². The van der Waals surface area contributed by atoms with E-state index in [1.165, 1.54) is 12.8 Å². The maximum absolute atomic E-state index is 12.2. The van der Waals surface area contributed by atoms with Gasteiger partial charge in [-0.15, -0.1) is 0 Å². The number of ether oxygens (including phenoxy) is 1. The number of hydrogen-bond acceptors (Lipinski definition) is 4. The molecule has 3 aromatic rings. The van der Waals surface area contributed by atoms with Gasteiger partial charge in [0.2, 0.25) is 0 Å². The smallest absolute Gasteiger partial charge is 0.258 e. The van der Waals surface area contributed by atoms with E-state index in [-0.39, 0.29) is 12.5 Å². The number of anilines is 1. The van der Waals surface area contributed by atoms with Crippen LogP contribution < -0.4 is 15.0 Å². The molecule has 28 heavy (non-hydrogen) atoms. The predicted molar refractivity (Wildman–Crippen MR) is 115 cm³/mol. The lowest BCUT2D eigenvalue weighted by atomic mass is 10.2. The quantitative estimate of drug-likeness (QED) is 0.622. The molecule has 1 aromatic heterocycles. The molecule has 144 valence electrons. The number of amides is 1. The lowest BCUT2D eigenvalue weighted by molar-refractivity contribution is -0.123. The Morgan fingerprint density at radius 3 is 2.64 bits per heavy atom. The third kappa shape index (κ3) is 4.44. The molecule has 1 fully saturated rings. The van der Waals surface area contributed by atoms with Crippen molar-refractivity contribution in [2.45, 2.75) is 19.4 Å². The van der Waals surface area contributed by atoms with Gasteiger partial charge in [-0.05, 0) is 48.7 Å². The van der Waals surface area contributed by atoms with Gasteiger partial charge in [0.15, 0.2) is 6.61 Å². The summed E-state index contributed by atoms with van der Waals surface area (Å²) < 4.78 is 6.82. The summed E-state index contributed by atoms with van der Waals surface area (Å²) in [5, 5.41) is 3.89. The first-order valence-corrected chi connectivity index (χ1v) is 10.3. The third-order valence-corrected chi connectivity index (χ3v) is 5.39. The minimum Gasteiger partial charge on any atom is -0.481 e. The molecule has 6 heteroatoms. The average molecular weight is 440 g/mol. The predicted octanol–water partition coefficient (Wildman–Crippen LogP) is 4.29. The molecule has 2 heterocycles. The summed E-state index contributed by atoms with van der Waals surface area (Å²) >= 11 is 3.41. The normalized spacial score (nSPS) is 13.7. The highest BCUT2D eigenvalue weighted by Gasteiger charge is 2.15. The Bertz CT molecular complexity index is 969. The zero-order chi connectivity index (χ0) is 19.3. The summed E-state index contributed by atoms with van der Waals surface area (Å²) in [5.41, 5.74) is 1.84. The van der Waals surface area contributed by atoms with Crippen molar-refractivity contribution in [3.8, 4) is 5.75 Å². The van der Waals surface area contributed by atoms with E-state index in [0.717, 1.165) is 39.8 Å². The first kappa shape index (κ1) is 18.7. The highest BCUT2D eigenvalue weighted by atomic mass is 79.9. The highest BCUT2D eigenvalue weighted by Crippen LogP contribution is 2.27. The molecule has 0 atom stereocenters. The molecule has 0 bridgehead atoms. The molecule has 0 spiro atoms. The minimum absolute atomic E-state index is 0.0364. The maximum atomic E-state index is 12.2. The number of halogens is 1. The van der Waals surface area contributed by atoms with Crippen molar-refractivity contribution in [2.24, 2.45) is 0 Å². The summed E-state index contributed by atoms with van der Waals surface area (Å²) in [6, 6.07) is 17.8. The summed E-state index contributed by atoms with van der Waals surface area (Å²) in [6.07, 6.45) is 2.41. The Morgan fingerprint density at radius 2 is 1.86 bits per heavy atom. The molecule has 1 aliphatic rings. The van der Waals surface area contributed by atoms with E-state index in [2.05, 4.69) is 38.3 Å². The van der Waals surface area contributed by atoms with Gasteiger partial charge >= 0.3 is 0 Å². The molecule has 2 aromatic carbocycles. The van der Waals surface area contributed by atoms with Crippen LogP contribution >= 0.6 is 15.9 Å². The van der Waals surface area contributed by atoms with Crippen LogP contribution in [0.2, 0.25) is 0 Å². The molecule has 0 unspecified atom stereocenters. The highest BCUT2D eigenvalue weighted by molar-refractivity contribution is 9.10. The van der Waals surface area contributed by atoms with Crippen LogP contribution in [0.1, 0.15) is 18.4 Å². The number of aromatic nitrogens is 1. The number of hydrogen-bond donors (Lipinski definition) is 1. The van der Waals surface area contributed by atoms with Gasteiger partial charge < -0.3 is 15.0 Å². The second-order valence-electron chi connectivity index (χ2n) is 6.88. The fourth-order valence-corrected chi connectivity index (χ4v) is 3.61.